The van der Waals surface area contributed by atoms with E-state index in [0.29, 0.717) is 11.6 Å². The number of pyridine rings is 1. The number of anilines is 1. The van der Waals surface area contributed by atoms with Gasteiger partial charge in [0.15, 0.2) is 0 Å². The van der Waals surface area contributed by atoms with E-state index in [9.17, 15) is 4.79 Å². The number of carbonyl (C=O) groups is 1. The quantitative estimate of drug-likeness (QED) is 0.525. The van der Waals surface area contributed by atoms with Gasteiger partial charge in [-0.25, -0.2) is 4.98 Å². The fourth-order valence-electron chi connectivity index (χ4n) is 3.57. The van der Waals surface area contributed by atoms with Crippen LogP contribution in [0.25, 0.3) is 16.7 Å². The number of nitrogens with one attached hydrogen (secondary N) is 3. The van der Waals surface area contributed by atoms with Gasteiger partial charge in [0.25, 0.3) is 5.91 Å². The maximum absolute atomic E-state index is 12.1. The molecule has 146 valence electrons. The van der Waals surface area contributed by atoms with Crippen molar-refractivity contribution in [1.29, 1.82) is 0 Å². The smallest absolute Gasteiger partial charge is 0.251 e. The van der Waals surface area contributed by atoms with Gasteiger partial charge in [-0.2, -0.15) is 0 Å². The van der Waals surface area contributed by atoms with Crippen LogP contribution in [0.1, 0.15) is 23.2 Å². The number of amides is 1. The van der Waals surface area contributed by atoms with E-state index >= 15 is 0 Å². The van der Waals surface area contributed by atoms with Crippen LogP contribution >= 0.6 is 0 Å². The number of nitrogens with zero attached hydrogens (tertiary/aromatic N) is 2. The number of hydrogen-bond donors (Lipinski definition) is 4. The predicted molar refractivity (Wildman–Crippen MR) is 110 cm³/mol. The Kier molecular flexibility index (Phi) is 5.55. The van der Waals surface area contributed by atoms with Crippen LogP contribution in [0.15, 0.2) is 48.8 Å². The first kappa shape index (κ1) is 18.5. The largest absolute Gasteiger partial charge is 0.395 e. The molecule has 1 aromatic carbocycles. The third-order valence-electron chi connectivity index (χ3n) is 5.05. The van der Waals surface area contributed by atoms with Crippen LogP contribution < -0.4 is 16.0 Å². The summed E-state index contributed by atoms with van der Waals surface area (Å²) in [5.41, 5.74) is 2.61. The Hall–Kier alpha value is -2.90. The van der Waals surface area contributed by atoms with Crippen molar-refractivity contribution in [3.8, 4) is 5.82 Å². The number of rotatable bonds is 6. The fraction of sp³-hybridized carbons (Fsp3) is 0.333. The van der Waals surface area contributed by atoms with Crippen LogP contribution in [-0.4, -0.2) is 52.8 Å². The zero-order valence-electron chi connectivity index (χ0n) is 15.7. The minimum Gasteiger partial charge on any atom is -0.395 e. The zero-order valence-corrected chi connectivity index (χ0v) is 15.7. The Morgan fingerprint density at radius 3 is 2.82 bits per heavy atom. The maximum Gasteiger partial charge on any atom is 0.251 e. The maximum atomic E-state index is 12.1. The predicted octanol–water partition coefficient (Wildman–Crippen LogP) is 1.91. The van der Waals surface area contributed by atoms with Crippen LogP contribution in [0, 0.1) is 0 Å². The number of piperidine rings is 1. The Morgan fingerprint density at radius 1 is 1.21 bits per heavy atom. The van der Waals surface area contributed by atoms with E-state index in [1.165, 1.54) is 0 Å². The van der Waals surface area contributed by atoms with Gasteiger partial charge in [0.05, 0.1) is 24.0 Å². The van der Waals surface area contributed by atoms with E-state index in [2.05, 4.69) is 27.0 Å². The van der Waals surface area contributed by atoms with Crippen molar-refractivity contribution in [1.82, 2.24) is 20.2 Å². The van der Waals surface area contributed by atoms with Gasteiger partial charge >= 0.3 is 0 Å². The average Bonchev–Trinajstić information content (AvgIpc) is 3.16. The molecule has 1 saturated heterocycles. The molecule has 0 bridgehead atoms. The van der Waals surface area contributed by atoms with Crippen LogP contribution in [0.2, 0.25) is 0 Å². The number of carbonyl (C=O) groups excluding carboxylic acids is 1. The van der Waals surface area contributed by atoms with Crippen LogP contribution in [0.4, 0.5) is 5.69 Å². The monoisotopic (exact) mass is 379 g/mol. The molecular formula is C21H25N5O2. The molecule has 1 aliphatic rings. The molecule has 7 heteroatoms. The number of fused-ring (bicyclic) bond motifs is 1. The number of benzene rings is 1. The Bertz CT molecular complexity index is 945. The van der Waals surface area contributed by atoms with Crippen LogP contribution in [0.5, 0.6) is 0 Å². The lowest BCUT2D eigenvalue weighted by Gasteiger charge is -2.24. The van der Waals surface area contributed by atoms with E-state index in [-0.39, 0.29) is 19.1 Å². The zero-order chi connectivity index (χ0) is 19.3. The highest BCUT2D eigenvalue weighted by molar-refractivity contribution is 5.98. The summed E-state index contributed by atoms with van der Waals surface area (Å²) in [5, 5.41) is 19.4. The first-order valence-electron chi connectivity index (χ1n) is 9.68. The van der Waals surface area contributed by atoms with Crippen molar-refractivity contribution in [3.63, 3.8) is 0 Å². The van der Waals surface area contributed by atoms with Gasteiger partial charge in [-0.05, 0) is 62.3 Å². The second-order valence-electron chi connectivity index (χ2n) is 7.01. The molecular weight excluding hydrogens is 354 g/mol. The number of aromatic nitrogens is 2. The number of hydrogen-bond acceptors (Lipinski definition) is 5. The molecule has 4 N–H and O–H groups in total. The second kappa shape index (κ2) is 8.41. The van der Waals surface area contributed by atoms with Crippen LogP contribution in [-0.2, 0) is 0 Å². The molecule has 0 unspecified atom stereocenters. The molecule has 4 rings (SSSR count). The summed E-state index contributed by atoms with van der Waals surface area (Å²) in [6.45, 7) is 2.29. The molecule has 1 amide bonds. The standard InChI is InChI=1S/C21H25N5O2/c27-12-10-23-21(28)16-1-3-19-15(13-16)7-11-26(19)20-4-2-18(14-24-20)25-17-5-8-22-9-6-17/h1-4,7,11,13-14,17,22,25,27H,5-6,8-10,12H2,(H,23,28). The van der Waals surface area contributed by atoms with Crippen molar-refractivity contribution in [2.75, 3.05) is 31.6 Å². The Balaban J connectivity index is 1.51. The first-order valence-corrected chi connectivity index (χ1v) is 9.68. The van der Waals surface area contributed by atoms with Crippen molar-refractivity contribution >= 4 is 22.5 Å². The molecule has 0 spiro atoms. The summed E-state index contributed by atoms with van der Waals surface area (Å²) in [5.74, 6) is 0.651. The summed E-state index contributed by atoms with van der Waals surface area (Å²) in [6, 6.07) is 12.1. The average molecular weight is 379 g/mol. The number of aliphatic hydroxyl groups excluding tert-OH is 1. The molecule has 0 radical (unpaired) electrons. The lowest BCUT2D eigenvalue weighted by Crippen LogP contribution is -2.35. The van der Waals surface area contributed by atoms with Crippen molar-refractivity contribution in [3.05, 3.63) is 54.4 Å². The van der Waals surface area contributed by atoms with Crippen LogP contribution in [0.3, 0.4) is 0 Å². The molecule has 3 aromatic rings. The van der Waals surface area contributed by atoms with Gasteiger partial charge in [0, 0.05) is 29.7 Å². The van der Waals surface area contributed by atoms with E-state index in [0.717, 1.165) is 48.3 Å². The van der Waals surface area contributed by atoms with E-state index < -0.39 is 0 Å². The second-order valence-corrected chi connectivity index (χ2v) is 7.01. The SMILES string of the molecule is O=C(NCCO)c1ccc2c(ccn2-c2ccc(NC3CCNCC3)cn2)c1. The van der Waals surface area contributed by atoms with Gasteiger partial charge in [-0.15, -0.1) is 0 Å². The van der Waals surface area contributed by atoms with Gasteiger partial charge in [0.2, 0.25) is 0 Å². The molecule has 28 heavy (non-hydrogen) atoms. The van der Waals surface area contributed by atoms with E-state index in [4.69, 9.17) is 5.11 Å². The Morgan fingerprint density at radius 2 is 2.07 bits per heavy atom. The first-order chi connectivity index (χ1) is 13.7. The van der Waals surface area contributed by atoms with Gasteiger partial charge in [-0.3, -0.25) is 4.79 Å². The third-order valence-corrected chi connectivity index (χ3v) is 5.05. The summed E-state index contributed by atoms with van der Waals surface area (Å²) < 4.78 is 2.01. The molecule has 0 atom stereocenters. The van der Waals surface area contributed by atoms with E-state index in [1.54, 1.807) is 6.07 Å². The molecule has 2 aromatic heterocycles. The lowest BCUT2D eigenvalue weighted by atomic mass is 10.1. The third kappa shape index (κ3) is 4.00. The summed E-state index contributed by atoms with van der Waals surface area (Å²) in [6.07, 6.45) is 6.08. The summed E-state index contributed by atoms with van der Waals surface area (Å²) >= 11 is 0. The minimum absolute atomic E-state index is 0.0709. The normalized spacial score (nSPS) is 14.9. The number of aliphatic hydroxyl groups is 1. The van der Waals surface area contributed by atoms with Crippen molar-refractivity contribution in [2.24, 2.45) is 0 Å². The topological polar surface area (TPSA) is 91.2 Å². The fourth-order valence-corrected chi connectivity index (χ4v) is 3.57. The molecule has 1 aliphatic heterocycles. The molecule has 1 fully saturated rings. The van der Waals surface area contributed by atoms with E-state index in [1.807, 2.05) is 41.2 Å². The highest BCUT2D eigenvalue weighted by atomic mass is 16.3. The molecule has 7 nitrogen and oxygen atoms in total. The molecule has 3 heterocycles. The van der Waals surface area contributed by atoms with Gasteiger partial charge < -0.3 is 25.6 Å². The van der Waals surface area contributed by atoms with Gasteiger partial charge in [0.1, 0.15) is 5.82 Å². The molecule has 0 aliphatic carbocycles. The minimum atomic E-state index is -0.185. The van der Waals surface area contributed by atoms with Gasteiger partial charge in [-0.1, -0.05) is 0 Å². The van der Waals surface area contributed by atoms with Crippen molar-refractivity contribution < 1.29 is 9.90 Å². The summed E-state index contributed by atoms with van der Waals surface area (Å²) in [4.78, 5) is 16.7. The molecule has 0 saturated carbocycles. The van der Waals surface area contributed by atoms with Crippen molar-refractivity contribution in [2.45, 2.75) is 18.9 Å². The summed E-state index contributed by atoms with van der Waals surface area (Å²) in [7, 11) is 0. The Labute approximate surface area is 163 Å². The highest BCUT2D eigenvalue weighted by Gasteiger charge is 2.13. The highest BCUT2D eigenvalue weighted by Crippen LogP contribution is 2.22. The lowest BCUT2D eigenvalue weighted by molar-refractivity contribution is 0.0945.